The van der Waals surface area contributed by atoms with Gasteiger partial charge in [0, 0.05) is 41.7 Å². The molecule has 154 valence electrons. The largest absolute Gasteiger partial charge is 0.493 e. The number of halogens is 1. The molecule has 0 bridgehead atoms. The Hall–Kier alpha value is -3.15. The van der Waals surface area contributed by atoms with Gasteiger partial charge in [0.05, 0.1) is 18.6 Å². The highest BCUT2D eigenvalue weighted by Gasteiger charge is 2.27. The van der Waals surface area contributed by atoms with Gasteiger partial charge < -0.3 is 14.6 Å². The van der Waals surface area contributed by atoms with E-state index in [-0.39, 0.29) is 24.1 Å². The molecule has 1 aromatic heterocycles. The molecule has 0 unspecified atom stereocenters. The van der Waals surface area contributed by atoms with Crippen molar-refractivity contribution in [1.29, 1.82) is 0 Å². The zero-order valence-corrected chi connectivity index (χ0v) is 16.9. The van der Waals surface area contributed by atoms with E-state index in [4.69, 9.17) is 4.74 Å². The van der Waals surface area contributed by atoms with Gasteiger partial charge in [0.2, 0.25) is 5.91 Å². The Bertz CT molecular complexity index is 1090. The monoisotopic (exact) mass is 405 g/mol. The molecule has 2 aliphatic heterocycles. The van der Waals surface area contributed by atoms with Gasteiger partial charge in [-0.25, -0.2) is 9.37 Å². The van der Waals surface area contributed by atoms with Crippen LogP contribution in [0.3, 0.4) is 0 Å². The van der Waals surface area contributed by atoms with Crippen LogP contribution in [0, 0.1) is 12.7 Å². The molecule has 2 aromatic carbocycles. The first-order chi connectivity index (χ1) is 14.6. The van der Waals surface area contributed by atoms with Crippen LogP contribution in [0.2, 0.25) is 0 Å². The molecular formula is C24H24FN3O2. The standard InChI is InChI=1S/C24H24FN3O2/c1-15-24-20(3-2-10-28(24)14-26-15)16-4-7-19(8-5-16)27-23(29)11-17-13-30-22-9-6-18(25)12-21(17)22/h4-9,12,14,17,20H,2-3,10-11,13H2,1H3,(H,27,29)/t17-,20+/m0/s1. The van der Waals surface area contributed by atoms with Crippen LogP contribution in [0.15, 0.2) is 48.8 Å². The number of carbonyl (C=O) groups excluding carboxylic acids is 1. The van der Waals surface area contributed by atoms with E-state index in [2.05, 4.69) is 33.9 Å². The summed E-state index contributed by atoms with van der Waals surface area (Å²) in [6.07, 6.45) is 4.44. The molecule has 0 aliphatic carbocycles. The van der Waals surface area contributed by atoms with Crippen molar-refractivity contribution in [3.63, 3.8) is 0 Å². The van der Waals surface area contributed by atoms with Gasteiger partial charge in [-0.1, -0.05) is 12.1 Å². The lowest BCUT2D eigenvalue weighted by molar-refractivity contribution is -0.116. The molecule has 1 amide bonds. The van der Waals surface area contributed by atoms with Crippen molar-refractivity contribution < 1.29 is 13.9 Å². The molecule has 5 nitrogen and oxygen atoms in total. The zero-order chi connectivity index (χ0) is 20.7. The van der Waals surface area contributed by atoms with Gasteiger partial charge in [-0.3, -0.25) is 4.79 Å². The summed E-state index contributed by atoms with van der Waals surface area (Å²) in [6.45, 7) is 3.49. The number of ether oxygens (including phenoxy) is 1. The zero-order valence-electron chi connectivity index (χ0n) is 16.9. The van der Waals surface area contributed by atoms with E-state index in [9.17, 15) is 9.18 Å². The fourth-order valence-corrected chi connectivity index (χ4v) is 4.70. The molecule has 0 radical (unpaired) electrons. The molecule has 3 aromatic rings. The Morgan fingerprint density at radius 1 is 1.27 bits per heavy atom. The van der Waals surface area contributed by atoms with Crippen molar-refractivity contribution in [3.05, 3.63) is 77.1 Å². The van der Waals surface area contributed by atoms with Crippen molar-refractivity contribution in [2.45, 2.75) is 44.6 Å². The smallest absolute Gasteiger partial charge is 0.225 e. The first-order valence-electron chi connectivity index (χ1n) is 10.4. The van der Waals surface area contributed by atoms with Gasteiger partial charge >= 0.3 is 0 Å². The van der Waals surface area contributed by atoms with E-state index in [1.54, 1.807) is 6.07 Å². The Labute approximate surface area is 174 Å². The van der Waals surface area contributed by atoms with E-state index in [0.29, 0.717) is 18.3 Å². The number of nitrogens with zero attached hydrogens (tertiary/aromatic N) is 2. The van der Waals surface area contributed by atoms with Crippen molar-refractivity contribution in [2.24, 2.45) is 0 Å². The Kier molecular flexibility index (Phi) is 4.77. The summed E-state index contributed by atoms with van der Waals surface area (Å²) in [7, 11) is 0. The summed E-state index contributed by atoms with van der Waals surface area (Å²) in [6, 6.07) is 12.6. The van der Waals surface area contributed by atoms with E-state index >= 15 is 0 Å². The second-order valence-corrected chi connectivity index (χ2v) is 8.17. The van der Waals surface area contributed by atoms with Gasteiger partial charge in [0.1, 0.15) is 11.6 Å². The predicted octanol–water partition coefficient (Wildman–Crippen LogP) is 4.76. The number of imidazole rings is 1. The maximum Gasteiger partial charge on any atom is 0.225 e. The molecule has 0 spiro atoms. The fraction of sp³-hybridized carbons (Fsp3) is 0.333. The molecule has 2 aliphatic rings. The first-order valence-corrected chi connectivity index (χ1v) is 10.4. The highest BCUT2D eigenvalue weighted by molar-refractivity contribution is 5.91. The third-order valence-electron chi connectivity index (χ3n) is 6.17. The quantitative estimate of drug-likeness (QED) is 0.681. The Morgan fingerprint density at radius 2 is 2.10 bits per heavy atom. The number of aryl methyl sites for hydroxylation is 2. The predicted molar refractivity (Wildman–Crippen MR) is 112 cm³/mol. The number of hydrogen-bond donors (Lipinski definition) is 1. The highest BCUT2D eigenvalue weighted by atomic mass is 19.1. The summed E-state index contributed by atoms with van der Waals surface area (Å²) < 4.78 is 21.4. The average Bonchev–Trinajstić information content (AvgIpc) is 3.32. The van der Waals surface area contributed by atoms with Gasteiger partial charge in [0.25, 0.3) is 0 Å². The van der Waals surface area contributed by atoms with Crippen LogP contribution in [0.4, 0.5) is 10.1 Å². The third-order valence-corrected chi connectivity index (χ3v) is 6.17. The Morgan fingerprint density at radius 3 is 2.93 bits per heavy atom. The number of aromatic nitrogens is 2. The van der Waals surface area contributed by atoms with Crippen LogP contribution in [-0.4, -0.2) is 22.1 Å². The molecule has 0 saturated carbocycles. The summed E-state index contributed by atoms with van der Waals surface area (Å²) >= 11 is 0. The lowest BCUT2D eigenvalue weighted by Crippen LogP contribution is -2.17. The SMILES string of the molecule is Cc1ncn2c1[C@@H](c1ccc(NC(=O)C[C@H]3COc4ccc(F)cc43)cc1)CCC2. The average molecular weight is 405 g/mol. The van der Waals surface area contributed by atoms with E-state index in [1.165, 1.54) is 23.4 Å². The molecule has 2 atom stereocenters. The molecule has 1 N–H and O–H groups in total. The molecule has 5 rings (SSSR count). The van der Waals surface area contributed by atoms with E-state index in [0.717, 1.165) is 36.3 Å². The van der Waals surface area contributed by atoms with Gasteiger partial charge in [0.15, 0.2) is 0 Å². The minimum absolute atomic E-state index is 0.0972. The van der Waals surface area contributed by atoms with Crippen LogP contribution in [0.25, 0.3) is 0 Å². The van der Waals surface area contributed by atoms with Crippen molar-refractivity contribution in [3.8, 4) is 5.75 Å². The minimum Gasteiger partial charge on any atom is -0.493 e. The number of carbonyl (C=O) groups is 1. The summed E-state index contributed by atoms with van der Waals surface area (Å²) in [5.74, 6) is 0.480. The van der Waals surface area contributed by atoms with Crippen LogP contribution < -0.4 is 10.1 Å². The number of amides is 1. The van der Waals surface area contributed by atoms with Gasteiger partial charge in [-0.2, -0.15) is 0 Å². The first kappa shape index (κ1) is 18.9. The summed E-state index contributed by atoms with van der Waals surface area (Å²) in [5.41, 5.74) is 5.16. The maximum absolute atomic E-state index is 13.5. The molecule has 6 heteroatoms. The number of benzene rings is 2. The topological polar surface area (TPSA) is 56.2 Å². The maximum atomic E-state index is 13.5. The third kappa shape index (κ3) is 3.47. The number of hydrogen-bond acceptors (Lipinski definition) is 3. The molecule has 30 heavy (non-hydrogen) atoms. The second-order valence-electron chi connectivity index (χ2n) is 8.17. The Balaban J connectivity index is 1.26. The lowest BCUT2D eigenvalue weighted by Gasteiger charge is -2.25. The minimum atomic E-state index is -0.306. The lowest BCUT2D eigenvalue weighted by atomic mass is 9.87. The van der Waals surface area contributed by atoms with Crippen LogP contribution >= 0.6 is 0 Å². The number of rotatable bonds is 4. The van der Waals surface area contributed by atoms with E-state index < -0.39 is 0 Å². The van der Waals surface area contributed by atoms with Crippen LogP contribution in [0.1, 0.15) is 53.6 Å². The normalized spacial score (nSPS) is 19.7. The molecule has 0 saturated heterocycles. The van der Waals surface area contributed by atoms with Crippen molar-refractivity contribution in [2.75, 3.05) is 11.9 Å². The summed E-state index contributed by atoms with van der Waals surface area (Å²) in [4.78, 5) is 17.0. The summed E-state index contributed by atoms with van der Waals surface area (Å²) in [5, 5.41) is 2.96. The van der Waals surface area contributed by atoms with Crippen LogP contribution in [0.5, 0.6) is 5.75 Å². The number of anilines is 1. The number of fused-ring (bicyclic) bond motifs is 2. The highest BCUT2D eigenvalue weighted by Crippen LogP contribution is 2.37. The number of nitrogens with one attached hydrogen (secondary N) is 1. The van der Waals surface area contributed by atoms with Gasteiger partial charge in [-0.05, 0) is 55.7 Å². The fourth-order valence-electron chi connectivity index (χ4n) is 4.70. The van der Waals surface area contributed by atoms with Crippen LogP contribution in [-0.2, 0) is 11.3 Å². The second kappa shape index (κ2) is 7.59. The van der Waals surface area contributed by atoms with Gasteiger partial charge in [-0.15, -0.1) is 0 Å². The van der Waals surface area contributed by atoms with E-state index in [1.807, 2.05) is 18.5 Å². The molecule has 3 heterocycles. The molecule has 0 fully saturated rings. The van der Waals surface area contributed by atoms with Crippen molar-refractivity contribution in [1.82, 2.24) is 9.55 Å². The molecular weight excluding hydrogens is 381 g/mol. The van der Waals surface area contributed by atoms with Crippen molar-refractivity contribution >= 4 is 11.6 Å².